The summed E-state index contributed by atoms with van der Waals surface area (Å²) in [5.41, 5.74) is 0.297. The number of hydrogen-bond donors (Lipinski definition) is 8. The van der Waals surface area contributed by atoms with E-state index in [2.05, 4.69) is 10.6 Å². The number of nitrogens with one attached hydrogen (secondary N) is 2. The van der Waals surface area contributed by atoms with E-state index in [-0.39, 0.29) is 44.5 Å². The molecule has 0 aromatic heterocycles. The number of rotatable bonds is 9. The molecule has 9 N–H and O–H groups in total. The van der Waals surface area contributed by atoms with Crippen LogP contribution in [0.25, 0.3) is 0 Å². The van der Waals surface area contributed by atoms with Gasteiger partial charge in [0, 0.05) is 44.6 Å². The van der Waals surface area contributed by atoms with Crippen LogP contribution in [0.3, 0.4) is 0 Å². The maximum Gasteiger partial charge on any atom is 0.311 e. The molecule has 0 radical (unpaired) electrons. The van der Waals surface area contributed by atoms with Crippen molar-refractivity contribution in [2.45, 2.75) is 192 Å². The molecule has 0 spiro atoms. The highest BCUT2D eigenvalue weighted by atomic mass is 16.7. The van der Waals surface area contributed by atoms with E-state index in [1.807, 2.05) is 20.8 Å². The average molecular weight is 764 g/mol. The fourth-order valence-corrected chi connectivity index (χ4v) is 8.60. The van der Waals surface area contributed by atoms with Gasteiger partial charge in [-0.15, -0.1) is 0 Å². The molecule has 3 aliphatic rings. The Kier molecular flexibility index (Phi) is 16.2. The zero-order valence-corrected chi connectivity index (χ0v) is 34.2. The quantitative estimate of drug-likeness (QED) is 0.153. The fraction of sp³-hybridized carbons (Fsp3) is 0.974. The second-order valence-corrected chi connectivity index (χ2v) is 16.9. The summed E-state index contributed by atoms with van der Waals surface area (Å²) in [7, 11) is 1.52. The highest BCUT2D eigenvalue weighted by Crippen LogP contribution is 2.43. The molecule has 3 fully saturated rings. The fourth-order valence-electron chi connectivity index (χ4n) is 8.60. The van der Waals surface area contributed by atoms with Gasteiger partial charge in [0.1, 0.15) is 29.0 Å². The van der Waals surface area contributed by atoms with Crippen molar-refractivity contribution in [2.24, 2.45) is 23.5 Å². The van der Waals surface area contributed by atoms with Crippen LogP contribution in [0.2, 0.25) is 0 Å². The van der Waals surface area contributed by atoms with E-state index in [1.165, 1.54) is 14.0 Å². The number of esters is 1. The molecule has 0 aromatic carbocycles. The van der Waals surface area contributed by atoms with Crippen LogP contribution in [0.1, 0.15) is 102 Å². The number of ether oxygens (including phenoxy) is 6. The third-order valence-electron chi connectivity index (χ3n) is 12.3. The lowest BCUT2D eigenvalue weighted by Gasteiger charge is -2.53. The predicted octanol–water partition coefficient (Wildman–Crippen LogP) is 0.935. The van der Waals surface area contributed by atoms with Crippen LogP contribution in [0.5, 0.6) is 0 Å². The molecule has 0 aliphatic carbocycles. The van der Waals surface area contributed by atoms with Gasteiger partial charge < -0.3 is 70.3 Å². The van der Waals surface area contributed by atoms with Gasteiger partial charge in [-0.05, 0) is 80.2 Å². The van der Waals surface area contributed by atoms with Crippen LogP contribution in [0.15, 0.2) is 0 Å². The first-order valence-corrected chi connectivity index (χ1v) is 19.6. The van der Waals surface area contributed by atoms with E-state index in [9.17, 15) is 30.3 Å². The summed E-state index contributed by atoms with van der Waals surface area (Å²) in [6.07, 6.45) is -8.14. The summed E-state index contributed by atoms with van der Waals surface area (Å²) >= 11 is 0. The van der Waals surface area contributed by atoms with Crippen LogP contribution in [0, 0.1) is 17.8 Å². The first kappa shape index (κ1) is 46.3. The van der Waals surface area contributed by atoms with E-state index in [0.717, 1.165) is 0 Å². The Balaban J connectivity index is 2.15. The summed E-state index contributed by atoms with van der Waals surface area (Å²) in [6.45, 7) is 20.3. The number of cyclic esters (lactones) is 1. The minimum absolute atomic E-state index is 0.0801. The Bertz CT molecular complexity index is 1170. The third kappa shape index (κ3) is 10.3. The molecule has 0 saturated carbocycles. The van der Waals surface area contributed by atoms with Gasteiger partial charge in [-0.3, -0.25) is 4.79 Å². The number of aliphatic hydroxyl groups excluding tert-OH is 2. The van der Waals surface area contributed by atoms with Crippen molar-refractivity contribution in [3.05, 3.63) is 0 Å². The molecular weight excluding hydrogens is 690 g/mol. The second-order valence-electron chi connectivity index (χ2n) is 16.9. The molecule has 3 heterocycles. The summed E-state index contributed by atoms with van der Waals surface area (Å²) in [4.78, 5) is 14.2. The van der Waals surface area contributed by atoms with E-state index in [1.54, 1.807) is 48.5 Å². The van der Waals surface area contributed by atoms with Gasteiger partial charge in [0.25, 0.3) is 0 Å². The Hall–Kier alpha value is -1.05. The van der Waals surface area contributed by atoms with Crippen molar-refractivity contribution in [3.8, 4) is 0 Å². The molecule has 0 aromatic rings. The number of hydrogen-bond acceptors (Lipinski definition) is 15. The van der Waals surface area contributed by atoms with Gasteiger partial charge in [0.05, 0.1) is 42.0 Å². The summed E-state index contributed by atoms with van der Waals surface area (Å²) in [6, 6.07) is -0.952. The zero-order valence-electron chi connectivity index (χ0n) is 34.2. The highest BCUT2D eigenvalue weighted by Gasteiger charge is 2.58. The van der Waals surface area contributed by atoms with Crippen molar-refractivity contribution >= 4 is 5.97 Å². The third-order valence-corrected chi connectivity index (χ3v) is 12.3. The standard InChI is InChI=1S/C38H73N3O12/c1-13-27-37(11,46)31(43)20(3)18-41-21(4)16-35(9,45)32(53-34-29(42)26(39)15-22(5)49-34)23(6)30(24(7)33(44)51-27)52-28-17-36(10,48-12)38(47,19-40-14-2)25(8)50-28/h20-32,34,40-43,45-47H,13-19,39H2,1-12H3/t20-,21-,22-,23-,24-,25+,26+,27+,28?,29-,30-,31+,32-,34+,35-,36-,37-,38+/m1/s1. The molecule has 18 atom stereocenters. The van der Waals surface area contributed by atoms with Crippen molar-refractivity contribution < 1.29 is 58.7 Å². The first-order valence-electron chi connectivity index (χ1n) is 19.6. The SMILES string of the molecule is CCNC[C@]1(O)[C@H](C)OC(O[C@@H]2[C@@H](C)[C@@H](O[C@@H]3O[C@H](C)C[C@H](N)[C@H]3O)[C@](C)(O)C[C@@H](C)NC[C@@H](C)[C@H](O)[C@](C)(O)[C@H](CC)OC(=O)[C@@H]2C)C[C@@]1(C)OC. The average Bonchev–Trinajstić information content (AvgIpc) is 3.08. The van der Waals surface area contributed by atoms with Gasteiger partial charge in [-0.25, -0.2) is 0 Å². The monoisotopic (exact) mass is 764 g/mol. The number of methoxy groups -OCH3 is 1. The number of aliphatic hydroxyl groups is 5. The molecule has 15 nitrogen and oxygen atoms in total. The van der Waals surface area contributed by atoms with E-state index in [4.69, 9.17) is 34.2 Å². The Morgan fingerprint density at radius 3 is 2.21 bits per heavy atom. The number of nitrogens with two attached hydrogens (primary N) is 1. The van der Waals surface area contributed by atoms with E-state index in [0.29, 0.717) is 13.0 Å². The van der Waals surface area contributed by atoms with Gasteiger partial charge in [-0.2, -0.15) is 0 Å². The van der Waals surface area contributed by atoms with Gasteiger partial charge >= 0.3 is 5.97 Å². The largest absolute Gasteiger partial charge is 0.459 e. The van der Waals surface area contributed by atoms with E-state index < -0.39 is 101 Å². The molecule has 0 bridgehead atoms. The zero-order chi connectivity index (χ0) is 40.3. The predicted molar refractivity (Wildman–Crippen MR) is 198 cm³/mol. The normalized spacial score (nSPS) is 49.8. The molecular formula is C38H73N3O12. The maximum absolute atomic E-state index is 14.2. The molecule has 1 unspecified atom stereocenters. The molecule has 53 heavy (non-hydrogen) atoms. The lowest BCUT2D eigenvalue weighted by Crippen LogP contribution is -2.70. The Morgan fingerprint density at radius 1 is 0.981 bits per heavy atom. The molecule has 3 aliphatic heterocycles. The lowest BCUT2D eigenvalue weighted by atomic mass is 9.75. The van der Waals surface area contributed by atoms with Crippen LogP contribution < -0.4 is 16.4 Å². The van der Waals surface area contributed by atoms with Crippen LogP contribution in [-0.2, 0) is 33.2 Å². The minimum atomic E-state index is -1.79. The molecule has 0 amide bonds. The summed E-state index contributed by atoms with van der Waals surface area (Å²) in [5, 5.41) is 64.9. The molecule has 15 heteroatoms. The number of carbonyl (C=O) groups is 1. The van der Waals surface area contributed by atoms with Gasteiger partial charge in [0.15, 0.2) is 12.6 Å². The maximum atomic E-state index is 14.2. The van der Waals surface area contributed by atoms with Gasteiger partial charge in [-0.1, -0.05) is 27.7 Å². The number of likely N-dealkylation sites (N-methyl/N-ethyl adjacent to an activating group) is 1. The second kappa shape index (κ2) is 18.5. The van der Waals surface area contributed by atoms with E-state index >= 15 is 0 Å². The molecule has 3 rings (SSSR count). The lowest BCUT2D eigenvalue weighted by molar-refractivity contribution is -0.335. The van der Waals surface area contributed by atoms with Crippen molar-refractivity contribution in [2.75, 3.05) is 26.7 Å². The summed E-state index contributed by atoms with van der Waals surface area (Å²) in [5.74, 6) is -3.01. The molecule has 3 saturated heterocycles. The van der Waals surface area contributed by atoms with Crippen molar-refractivity contribution in [3.63, 3.8) is 0 Å². The van der Waals surface area contributed by atoms with Crippen molar-refractivity contribution in [1.29, 1.82) is 0 Å². The van der Waals surface area contributed by atoms with Gasteiger partial charge in [0.2, 0.25) is 0 Å². The van der Waals surface area contributed by atoms with Crippen LogP contribution in [-0.4, -0.2) is 148 Å². The number of carbonyl (C=O) groups excluding carboxylic acids is 1. The summed E-state index contributed by atoms with van der Waals surface area (Å²) < 4.78 is 37.7. The Morgan fingerprint density at radius 2 is 1.62 bits per heavy atom. The smallest absolute Gasteiger partial charge is 0.311 e. The first-order chi connectivity index (χ1) is 24.5. The van der Waals surface area contributed by atoms with Crippen LogP contribution >= 0.6 is 0 Å². The topological polar surface area (TPSA) is 224 Å². The van der Waals surface area contributed by atoms with Crippen LogP contribution in [0.4, 0.5) is 0 Å². The van der Waals surface area contributed by atoms with Crippen molar-refractivity contribution in [1.82, 2.24) is 10.6 Å². The molecule has 312 valence electrons. The highest BCUT2D eigenvalue weighted by molar-refractivity contribution is 5.73. The Labute approximate surface area is 316 Å². The minimum Gasteiger partial charge on any atom is -0.459 e.